The van der Waals surface area contributed by atoms with Crippen LogP contribution in [0.4, 0.5) is 5.69 Å². The van der Waals surface area contributed by atoms with Crippen LogP contribution >= 0.6 is 11.6 Å². The minimum absolute atomic E-state index is 0.0948. The van der Waals surface area contributed by atoms with Crippen LogP contribution in [0.3, 0.4) is 0 Å². The van der Waals surface area contributed by atoms with E-state index >= 15 is 0 Å². The quantitative estimate of drug-likeness (QED) is 0.691. The van der Waals surface area contributed by atoms with Gasteiger partial charge in [-0.3, -0.25) is 9.89 Å². The number of benzene rings is 2. The number of carbonyl (C=O) groups is 2. The molecule has 0 radical (unpaired) electrons. The van der Waals surface area contributed by atoms with Gasteiger partial charge in [-0.25, -0.2) is 4.79 Å². The molecule has 0 saturated carbocycles. The third-order valence-corrected chi connectivity index (χ3v) is 3.35. The van der Waals surface area contributed by atoms with Crippen molar-refractivity contribution in [3.8, 4) is 0 Å². The Balaban J connectivity index is 1.95. The molecule has 3 rings (SSSR count). The first kappa shape index (κ1) is 14.1. The van der Waals surface area contributed by atoms with Gasteiger partial charge in [0.2, 0.25) is 0 Å². The number of rotatable bonds is 3. The molecule has 0 saturated heterocycles. The number of aromatic carboxylic acids is 1. The maximum atomic E-state index is 12.4. The highest BCUT2D eigenvalue weighted by molar-refractivity contribution is 6.32. The van der Waals surface area contributed by atoms with Crippen molar-refractivity contribution in [2.24, 2.45) is 0 Å². The number of carboxylic acids is 1. The van der Waals surface area contributed by atoms with Gasteiger partial charge in [-0.1, -0.05) is 17.7 Å². The number of H-pyrrole nitrogens is 1. The van der Waals surface area contributed by atoms with Crippen molar-refractivity contribution in [3.05, 3.63) is 58.7 Å². The number of amides is 1. The molecule has 0 aliphatic heterocycles. The van der Waals surface area contributed by atoms with Gasteiger partial charge < -0.3 is 10.4 Å². The number of aromatic amines is 1. The van der Waals surface area contributed by atoms with E-state index in [1.807, 2.05) is 0 Å². The van der Waals surface area contributed by atoms with Gasteiger partial charge in [-0.2, -0.15) is 5.10 Å². The summed E-state index contributed by atoms with van der Waals surface area (Å²) in [5, 5.41) is 19.3. The lowest BCUT2D eigenvalue weighted by atomic mass is 10.1. The first-order valence-electron chi connectivity index (χ1n) is 6.32. The summed E-state index contributed by atoms with van der Waals surface area (Å²) in [7, 11) is 0. The highest BCUT2D eigenvalue weighted by Crippen LogP contribution is 2.23. The molecule has 0 spiro atoms. The average Bonchev–Trinajstić information content (AvgIpc) is 2.94. The molecular formula is C15H10ClN3O3. The lowest BCUT2D eigenvalue weighted by Crippen LogP contribution is -2.12. The maximum Gasteiger partial charge on any atom is 0.335 e. The molecule has 110 valence electrons. The van der Waals surface area contributed by atoms with Crippen LogP contribution in [0.2, 0.25) is 5.02 Å². The molecule has 1 aromatic heterocycles. The molecule has 3 N–H and O–H groups in total. The van der Waals surface area contributed by atoms with Gasteiger partial charge in [0.15, 0.2) is 0 Å². The number of carbonyl (C=O) groups excluding carboxylic acids is 1. The fraction of sp³-hybridized carbons (Fsp3) is 0. The number of halogens is 1. The van der Waals surface area contributed by atoms with E-state index in [1.165, 1.54) is 24.4 Å². The summed E-state index contributed by atoms with van der Waals surface area (Å²) in [5.41, 5.74) is 1.49. The Kier molecular flexibility index (Phi) is 3.52. The summed E-state index contributed by atoms with van der Waals surface area (Å²) in [5.74, 6) is -1.45. The number of carboxylic acid groups (broad SMARTS) is 1. The van der Waals surface area contributed by atoms with Gasteiger partial charge >= 0.3 is 5.97 Å². The standard InChI is InChI=1S/C15H10ClN3O3/c16-9-5-11(12-7-17-19-13(12)6-9)14(20)18-10-3-1-2-8(4-10)15(21)22/h1-7H,(H,17,19)(H,18,20)(H,21,22). The van der Waals surface area contributed by atoms with Crippen LogP contribution in [0.15, 0.2) is 42.6 Å². The molecule has 1 amide bonds. The fourth-order valence-electron chi connectivity index (χ4n) is 2.13. The summed E-state index contributed by atoms with van der Waals surface area (Å²) in [6, 6.07) is 9.22. The molecular weight excluding hydrogens is 306 g/mol. The van der Waals surface area contributed by atoms with E-state index in [0.29, 0.717) is 27.2 Å². The van der Waals surface area contributed by atoms with Crippen LogP contribution in [-0.2, 0) is 0 Å². The second-order valence-corrected chi connectivity index (χ2v) is 5.06. The highest BCUT2D eigenvalue weighted by atomic mass is 35.5. The zero-order valence-corrected chi connectivity index (χ0v) is 11.9. The Bertz CT molecular complexity index is 889. The number of anilines is 1. The third-order valence-electron chi connectivity index (χ3n) is 3.14. The Morgan fingerprint density at radius 1 is 1.23 bits per heavy atom. The van der Waals surface area contributed by atoms with Crippen LogP contribution < -0.4 is 5.32 Å². The minimum atomic E-state index is -1.06. The molecule has 0 aliphatic rings. The van der Waals surface area contributed by atoms with E-state index in [0.717, 1.165) is 0 Å². The summed E-state index contributed by atoms with van der Waals surface area (Å²) in [6.07, 6.45) is 1.54. The van der Waals surface area contributed by atoms with Crippen molar-refractivity contribution in [3.63, 3.8) is 0 Å². The van der Waals surface area contributed by atoms with Crippen LogP contribution in [0.25, 0.3) is 10.9 Å². The van der Waals surface area contributed by atoms with Crippen LogP contribution in [0.1, 0.15) is 20.7 Å². The van der Waals surface area contributed by atoms with Crippen LogP contribution in [0, 0.1) is 0 Å². The molecule has 1 heterocycles. The molecule has 7 heteroatoms. The molecule has 22 heavy (non-hydrogen) atoms. The van der Waals surface area contributed by atoms with Crippen molar-refractivity contribution in [1.82, 2.24) is 10.2 Å². The van der Waals surface area contributed by atoms with E-state index in [4.69, 9.17) is 16.7 Å². The average molecular weight is 316 g/mol. The zero-order chi connectivity index (χ0) is 15.7. The first-order valence-corrected chi connectivity index (χ1v) is 6.70. The van der Waals surface area contributed by atoms with E-state index < -0.39 is 11.9 Å². The first-order chi connectivity index (χ1) is 10.5. The van der Waals surface area contributed by atoms with Gasteiger partial charge in [-0.15, -0.1) is 0 Å². The smallest absolute Gasteiger partial charge is 0.335 e. The predicted molar refractivity (Wildman–Crippen MR) is 82.5 cm³/mol. The topological polar surface area (TPSA) is 95.1 Å². The molecule has 2 aromatic carbocycles. The second-order valence-electron chi connectivity index (χ2n) is 4.62. The molecule has 0 atom stereocenters. The van der Waals surface area contributed by atoms with Crippen molar-refractivity contribution >= 4 is 40.1 Å². The normalized spacial score (nSPS) is 10.6. The Morgan fingerprint density at radius 3 is 2.82 bits per heavy atom. The van der Waals surface area contributed by atoms with Gasteiger partial charge in [0.25, 0.3) is 5.91 Å². The largest absolute Gasteiger partial charge is 0.478 e. The van der Waals surface area contributed by atoms with E-state index in [1.54, 1.807) is 18.2 Å². The Morgan fingerprint density at radius 2 is 2.05 bits per heavy atom. The minimum Gasteiger partial charge on any atom is -0.478 e. The highest BCUT2D eigenvalue weighted by Gasteiger charge is 2.14. The van der Waals surface area contributed by atoms with Gasteiger partial charge in [0, 0.05) is 16.1 Å². The summed E-state index contributed by atoms with van der Waals surface area (Å²) in [4.78, 5) is 23.4. The summed E-state index contributed by atoms with van der Waals surface area (Å²) in [6.45, 7) is 0. The van der Waals surface area contributed by atoms with E-state index in [9.17, 15) is 9.59 Å². The molecule has 0 fully saturated rings. The van der Waals surface area contributed by atoms with Gasteiger partial charge in [0.1, 0.15) is 0 Å². The third kappa shape index (κ3) is 2.64. The molecule has 6 nitrogen and oxygen atoms in total. The number of nitrogens with zero attached hydrogens (tertiary/aromatic N) is 1. The number of hydrogen-bond acceptors (Lipinski definition) is 3. The molecule has 3 aromatic rings. The number of nitrogens with one attached hydrogen (secondary N) is 2. The molecule has 0 bridgehead atoms. The predicted octanol–water partition coefficient (Wildman–Crippen LogP) is 3.17. The maximum absolute atomic E-state index is 12.4. The second kappa shape index (κ2) is 5.50. The van der Waals surface area contributed by atoms with Crippen LogP contribution in [-0.4, -0.2) is 27.2 Å². The lowest BCUT2D eigenvalue weighted by molar-refractivity contribution is 0.0696. The van der Waals surface area contributed by atoms with Gasteiger partial charge in [0.05, 0.1) is 22.8 Å². The van der Waals surface area contributed by atoms with E-state index in [2.05, 4.69) is 15.5 Å². The monoisotopic (exact) mass is 315 g/mol. The van der Waals surface area contributed by atoms with Crippen molar-refractivity contribution in [2.45, 2.75) is 0 Å². The molecule has 0 unspecified atom stereocenters. The number of hydrogen-bond donors (Lipinski definition) is 3. The SMILES string of the molecule is O=C(O)c1cccc(NC(=O)c2cc(Cl)cc3[nH]ncc23)c1. The van der Waals surface area contributed by atoms with Gasteiger partial charge in [-0.05, 0) is 30.3 Å². The fourth-order valence-corrected chi connectivity index (χ4v) is 2.35. The summed E-state index contributed by atoms with van der Waals surface area (Å²) < 4.78 is 0. The zero-order valence-electron chi connectivity index (χ0n) is 11.1. The van der Waals surface area contributed by atoms with Crippen molar-refractivity contribution < 1.29 is 14.7 Å². The molecule has 0 aliphatic carbocycles. The number of aromatic nitrogens is 2. The lowest BCUT2D eigenvalue weighted by Gasteiger charge is -2.07. The van der Waals surface area contributed by atoms with E-state index in [-0.39, 0.29) is 5.56 Å². The Labute approximate surface area is 129 Å². The van der Waals surface area contributed by atoms with Crippen molar-refractivity contribution in [2.75, 3.05) is 5.32 Å². The van der Waals surface area contributed by atoms with Crippen LogP contribution in [0.5, 0.6) is 0 Å². The van der Waals surface area contributed by atoms with Crippen molar-refractivity contribution in [1.29, 1.82) is 0 Å². The summed E-state index contributed by atoms with van der Waals surface area (Å²) >= 11 is 5.99. The Hall–Kier alpha value is -2.86. The number of fused-ring (bicyclic) bond motifs is 1.